The second-order valence-corrected chi connectivity index (χ2v) is 4.46. The van der Waals surface area contributed by atoms with Gasteiger partial charge in [0.05, 0.1) is 14.2 Å². The van der Waals surface area contributed by atoms with E-state index in [1.807, 2.05) is 30.3 Å². The van der Waals surface area contributed by atoms with Gasteiger partial charge in [0.25, 0.3) is 0 Å². The molecule has 0 spiro atoms. The minimum Gasteiger partial charge on any atom is -0.497 e. The topological polar surface area (TPSA) is 73.6 Å². The number of hydrogen-bond donors (Lipinski definition) is 2. The largest absolute Gasteiger partial charge is 0.497 e. The SMILES string of the molecule is COc1cc(NC(=O)C(F)(F)F)cc(OC)c1.Nc1ccccc1. The number of nitrogen functional groups attached to an aromatic ring is 1. The minimum atomic E-state index is -4.93. The number of ether oxygens (including phenoxy) is 2. The molecule has 0 aliphatic heterocycles. The first kappa shape index (κ1) is 19.1. The monoisotopic (exact) mass is 342 g/mol. The molecule has 0 saturated heterocycles. The molecule has 0 fully saturated rings. The van der Waals surface area contributed by atoms with Gasteiger partial charge in [-0.2, -0.15) is 13.2 Å². The fraction of sp³-hybridized carbons (Fsp3) is 0.188. The standard InChI is InChI=1S/C10H10F3NO3.C6H7N/c1-16-7-3-6(4-8(5-7)17-2)14-9(15)10(11,12)13;7-6-4-2-1-3-5-6/h3-5H,1-2H3,(H,14,15);1-5H,7H2. The number of alkyl halides is 3. The number of hydrogen-bond acceptors (Lipinski definition) is 4. The first-order chi connectivity index (χ1) is 11.3. The Morgan fingerprint density at radius 3 is 1.83 bits per heavy atom. The highest BCUT2D eigenvalue weighted by Gasteiger charge is 2.38. The fourth-order valence-corrected chi connectivity index (χ4v) is 1.53. The van der Waals surface area contributed by atoms with Gasteiger partial charge in [0.2, 0.25) is 0 Å². The molecule has 2 aromatic rings. The van der Waals surface area contributed by atoms with Crippen molar-refractivity contribution in [3.63, 3.8) is 0 Å². The number of methoxy groups -OCH3 is 2. The molecule has 0 aliphatic carbocycles. The Morgan fingerprint density at radius 2 is 1.50 bits per heavy atom. The van der Waals surface area contributed by atoms with Gasteiger partial charge in [0.1, 0.15) is 11.5 Å². The number of nitrogens with one attached hydrogen (secondary N) is 1. The molecule has 24 heavy (non-hydrogen) atoms. The summed E-state index contributed by atoms with van der Waals surface area (Å²) < 4.78 is 45.8. The zero-order valence-electron chi connectivity index (χ0n) is 13.1. The Labute approximate surface area is 137 Å². The van der Waals surface area contributed by atoms with Gasteiger partial charge in [0.15, 0.2) is 0 Å². The Kier molecular flexibility index (Phi) is 6.91. The van der Waals surface area contributed by atoms with Crippen LogP contribution in [0.5, 0.6) is 11.5 Å². The van der Waals surface area contributed by atoms with Crippen molar-refractivity contribution >= 4 is 17.3 Å². The molecule has 0 aromatic heterocycles. The predicted octanol–water partition coefficient (Wildman–Crippen LogP) is 3.47. The third kappa shape index (κ3) is 6.47. The summed E-state index contributed by atoms with van der Waals surface area (Å²) in [6.07, 6.45) is -4.93. The molecule has 3 N–H and O–H groups in total. The average molecular weight is 342 g/mol. The number of amides is 1. The van der Waals surface area contributed by atoms with Gasteiger partial charge < -0.3 is 20.5 Å². The summed E-state index contributed by atoms with van der Waals surface area (Å²) in [5, 5.41) is 1.71. The zero-order valence-corrected chi connectivity index (χ0v) is 13.1. The molecule has 130 valence electrons. The van der Waals surface area contributed by atoms with Crippen LogP contribution >= 0.6 is 0 Å². The lowest BCUT2D eigenvalue weighted by Gasteiger charge is -2.11. The van der Waals surface area contributed by atoms with E-state index >= 15 is 0 Å². The molecule has 8 heteroatoms. The van der Waals surface area contributed by atoms with Crippen LogP contribution in [-0.2, 0) is 4.79 Å². The quantitative estimate of drug-likeness (QED) is 0.838. The molecule has 2 aromatic carbocycles. The number of rotatable bonds is 3. The van der Waals surface area contributed by atoms with Gasteiger partial charge in [-0.3, -0.25) is 4.79 Å². The lowest BCUT2D eigenvalue weighted by molar-refractivity contribution is -0.167. The summed E-state index contributed by atoms with van der Waals surface area (Å²) in [7, 11) is 2.70. The number of para-hydroxylation sites is 1. The molecule has 0 radical (unpaired) electrons. The summed E-state index contributed by atoms with van der Waals surface area (Å²) >= 11 is 0. The van der Waals surface area contributed by atoms with Gasteiger partial charge in [-0.1, -0.05) is 18.2 Å². The fourth-order valence-electron chi connectivity index (χ4n) is 1.53. The highest BCUT2D eigenvalue weighted by Crippen LogP contribution is 2.27. The van der Waals surface area contributed by atoms with Gasteiger partial charge >= 0.3 is 12.1 Å². The molecule has 5 nitrogen and oxygen atoms in total. The number of benzene rings is 2. The highest BCUT2D eigenvalue weighted by molar-refractivity contribution is 5.95. The number of carbonyl (C=O) groups excluding carboxylic acids is 1. The second-order valence-electron chi connectivity index (χ2n) is 4.46. The first-order valence-electron chi connectivity index (χ1n) is 6.68. The van der Waals surface area contributed by atoms with Crippen LogP contribution in [-0.4, -0.2) is 26.3 Å². The van der Waals surface area contributed by atoms with Gasteiger partial charge in [-0.25, -0.2) is 0 Å². The van der Waals surface area contributed by atoms with Crippen LogP contribution in [0.25, 0.3) is 0 Å². The van der Waals surface area contributed by atoms with Crippen LogP contribution in [0.4, 0.5) is 24.5 Å². The van der Waals surface area contributed by atoms with Crippen LogP contribution in [0, 0.1) is 0 Å². The Hall–Kier alpha value is -2.90. The minimum absolute atomic E-state index is 0.0523. The van der Waals surface area contributed by atoms with Crippen molar-refractivity contribution in [3.05, 3.63) is 48.5 Å². The molecule has 0 heterocycles. The third-order valence-corrected chi connectivity index (χ3v) is 2.67. The van der Waals surface area contributed by atoms with E-state index in [0.29, 0.717) is 0 Å². The van der Waals surface area contributed by atoms with E-state index in [1.54, 1.807) is 5.32 Å². The summed E-state index contributed by atoms with van der Waals surface area (Å²) in [6.45, 7) is 0. The lowest BCUT2D eigenvalue weighted by Crippen LogP contribution is -2.29. The molecule has 0 unspecified atom stereocenters. The lowest BCUT2D eigenvalue weighted by atomic mass is 10.2. The first-order valence-corrected chi connectivity index (χ1v) is 6.68. The van der Waals surface area contributed by atoms with E-state index in [0.717, 1.165) is 5.69 Å². The third-order valence-electron chi connectivity index (χ3n) is 2.67. The summed E-state index contributed by atoms with van der Waals surface area (Å²) in [6, 6.07) is 13.5. The number of nitrogens with two attached hydrogens (primary N) is 1. The van der Waals surface area contributed by atoms with Crippen molar-refractivity contribution < 1.29 is 27.4 Å². The molecule has 0 saturated carbocycles. The van der Waals surface area contributed by atoms with Crippen molar-refractivity contribution in [1.29, 1.82) is 0 Å². The van der Waals surface area contributed by atoms with Crippen molar-refractivity contribution in [1.82, 2.24) is 0 Å². The van der Waals surface area contributed by atoms with Gasteiger partial charge in [-0.15, -0.1) is 0 Å². The second kappa shape index (κ2) is 8.66. The molecule has 0 aliphatic rings. The maximum atomic E-state index is 12.0. The van der Waals surface area contributed by atoms with Gasteiger partial charge in [0, 0.05) is 29.6 Å². The van der Waals surface area contributed by atoms with Crippen molar-refractivity contribution in [3.8, 4) is 11.5 Å². The van der Waals surface area contributed by atoms with E-state index in [-0.39, 0.29) is 17.2 Å². The van der Waals surface area contributed by atoms with E-state index in [4.69, 9.17) is 15.2 Å². The smallest absolute Gasteiger partial charge is 0.471 e. The van der Waals surface area contributed by atoms with Crippen molar-refractivity contribution in [2.45, 2.75) is 6.18 Å². The predicted molar refractivity (Wildman–Crippen MR) is 85.1 cm³/mol. The summed E-state index contributed by atoms with van der Waals surface area (Å²) in [5.74, 6) is -1.49. The average Bonchev–Trinajstić information content (AvgIpc) is 2.54. The van der Waals surface area contributed by atoms with E-state index < -0.39 is 12.1 Å². The van der Waals surface area contributed by atoms with Crippen molar-refractivity contribution in [2.24, 2.45) is 0 Å². The molecule has 1 amide bonds. The molecular weight excluding hydrogens is 325 g/mol. The number of anilines is 2. The zero-order chi connectivity index (χ0) is 18.2. The van der Waals surface area contributed by atoms with E-state index in [9.17, 15) is 18.0 Å². The Morgan fingerprint density at radius 1 is 1.00 bits per heavy atom. The molecular formula is C16H17F3N2O3. The van der Waals surface area contributed by atoms with Crippen LogP contribution in [0.3, 0.4) is 0 Å². The molecule has 0 atom stereocenters. The van der Waals surface area contributed by atoms with E-state index in [2.05, 4.69) is 0 Å². The van der Waals surface area contributed by atoms with Crippen LogP contribution in [0.2, 0.25) is 0 Å². The summed E-state index contributed by atoms with van der Waals surface area (Å²) in [5.41, 5.74) is 6.13. The van der Waals surface area contributed by atoms with Crippen molar-refractivity contribution in [2.75, 3.05) is 25.3 Å². The maximum absolute atomic E-state index is 12.0. The molecule has 2 rings (SSSR count). The maximum Gasteiger partial charge on any atom is 0.471 e. The normalized spacial score (nSPS) is 10.2. The van der Waals surface area contributed by atoms with Crippen LogP contribution in [0.1, 0.15) is 0 Å². The highest BCUT2D eigenvalue weighted by atomic mass is 19.4. The summed E-state index contributed by atoms with van der Waals surface area (Å²) in [4.78, 5) is 10.7. The number of halogens is 3. The van der Waals surface area contributed by atoms with Gasteiger partial charge in [-0.05, 0) is 12.1 Å². The number of carbonyl (C=O) groups is 1. The Balaban J connectivity index is 0.000000341. The van der Waals surface area contributed by atoms with Crippen LogP contribution < -0.4 is 20.5 Å². The van der Waals surface area contributed by atoms with E-state index in [1.165, 1.54) is 32.4 Å². The molecule has 0 bridgehead atoms. The Bertz CT molecular complexity index is 639. The van der Waals surface area contributed by atoms with Crippen LogP contribution in [0.15, 0.2) is 48.5 Å².